The van der Waals surface area contributed by atoms with Crippen LogP contribution < -0.4 is 9.64 Å². The molecule has 0 N–H and O–H groups in total. The number of nitrogens with zero attached hydrogens (tertiary/aromatic N) is 1. The Hall–Kier alpha value is -8.50. The molecule has 68 heavy (non-hydrogen) atoms. The Morgan fingerprint density at radius 3 is 1.76 bits per heavy atom. The van der Waals surface area contributed by atoms with Crippen LogP contribution in [0.25, 0.3) is 75.5 Å². The number of thiophene rings is 1. The van der Waals surface area contributed by atoms with E-state index in [9.17, 15) is 0 Å². The molecule has 0 saturated heterocycles. The van der Waals surface area contributed by atoms with Crippen molar-refractivity contribution in [3.05, 3.63) is 271 Å². The van der Waals surface area contributed by atoms with Gasteiger partial charge in [-0.2, -0.15) is 0 Å². The van der Waals surface area contributed by atoms with E-state index in [2.05, 4.69) is 254 Å². The Morgan fingerprint density at radius 1 is 0.324 bits per heavy atom. The molecule has 0 saturated carbocycles. The lowest BCUT2D eigenvalue weighted by Gasteiger charge is -2.39. The number of ether oxygens (including phenoxy) is 1. The maximum absolute atomic E-state index is 6.96. The molecule has 0 radical (unpaired) electrons. The van der Waals surface area contributed by atoms with Crippen LogP contribution >= 0.6 is 11.3 Å². The highest BCUT2D eigenvalue weighted by molar-refractivity contribution is 7.26. The standard InChI is InChI=1S/C65H41NOS/c1-2-15-42(16-3-1)44-31-34-49(35-32-44)66(51-40-55(48-30-29-43-17-4-5-18-45(43)37-48)64-56(41-51)54-23-8-13-28-63(54)68-64)50-20-14-19-46(38-50)47-33-36-60-62(39-47)67-61-27-12-11-26-59(61)65(60)57-24-9-6-21-52(57)53-22-7-10-25-58(53)65/h1-41H. The lowest BCUT2D eigenvalue weighted by atomic mass is 9.66. The fraction of sp³-hybridized carbons (Fsp3) is 0.0154. The summed E-state index contributed by atoms with van der Waals surface area (Å²) in [6.45, 7) is 0. The Morgan fingerprint density at radius 2 is 0.941 bits per heavy atom. The molecule has 2 heterocycles. The van der Waals surface area contributed by atoms with Gasteiger partial charge in [0, 0.05) is 53.9 Å². The summed E-state index contributed by atoms with van der Waals surface area (Å²) >= 11 is 1.88. The quantitative estimate of drug-likeness (QED) is 0.165. The molecule has 1 aliphatic heterocycles. The maximum atomic E-state index is 6.96. The van der Waals surface area contributed by atoms with Gasteiger partial charge >= 0.3 is 0 Å². The molecular formula is C65H41NOS. The van der Waals surface area contributed by atoms with Crippen molar-refractivity contribution in [2.75, 3.05) is 4.90 Å². The van der Waals surface area contributed by atoms with Crippen LogP contribution in [0.5, 0.6) is 11.5 Å². The summed E-state index contributed by atoms with van der Waals surface area (Å²) in [5.41, 5.74) is 17.2. The highest BCUT2D eigenvalue weighted by atomic mass is 32.1. The van der Waals surface area contributed by atoms with Crippen LogP contribution in [0.1, 0.15) is 22.3 Å². The zero-order valence-electron chi connectivity index (χ0n) is 36.9. The van der Waals surface area contributed by atoms with Crippen molar-refractivity contribution < 1.29 is 4.74 Å². The molecule has 1 aromatic heterocycles. The van der Waals surface area contributed by atoms with Crippen LogP contribution in [0.3, 0.4) is 0 Å². The second kappa shape index (κ2) is 15.3. The van der Waals surface area contributed by atoms with Crippen molar-refractivity contribution >= 4 is 59.3 Å². The third-order valence-electron chi connectivity index (χ3n) is 14.3. The third-order valence-corrected chi connectivity index (χ3v) is 15.5. The lowest BCUT2D eigenvalue weighted by Crippen LogP contribution is -2.32. The smallest absolute Gasteiger partial charge is 0.132 e. The zero-order valence-corrected chi connectivity index (χ0v) is 37.8. The minimum Gasteiger partial charge on any atom is -0.457 e. The molecule has 0 amide bonds. The monoisotopic (exact) mass is 883 g/mol. The first-order valence-corrected chi connectivity index (χ1v) is 24.1. The van der Waals surface area contributed by atoms with Crippen LogP contribution in [-0.4, -0.2) is 0 Å². The van der Waals surface area contributed by atoms with Gasteiger partial charge in [-0.05, 0) is 122 Å². The number of fused-ring (bicyclic) bond motifs is 13. The maximum Gasteiger partial charge on any atom is 0.132 e. The Balaban J connectivity index is 0.955. The van der Waals surface area contributed by atoms with Gasteiger partial charge in [-0.15, -0.1) is 11.3 Å². The second-order valence-electron chi connectivity index (χ2n) is 18.0. The van der Waals surface area contributed by atoms with Crippen LogP contribution in [0.4, 0.5) is 17.1 Å². The second-order valence-corrected chi connectivity index (χ2v) is 19.0. The van der Waals surface area contributed by atoms with E-state index in [1.807, 2.05) is 11.3 Å². The number of hydrogen-bond donors (Lipinski definition) is 0. The first kappa shape index (κ1) is 38.7. The van der Waals surface area contributed by atoms with Crippen molar-refractivity contribution in [3.63, 3.8) is 0 Å². The summed E-state index contributed by atoms with van der Waals surface area (Å²) < 4.78 is 9.54. The highest BCUT2D eigenvalue weighted by Crippen LogP contribution is 2.62. The SMILES string of the molecule is c1ccc(-c2ccc(N(c3cccc(-c4ccc5c(c4)Oc4ccccc4C54c5ccccc5-c5ccccc54)c3)c3cc(-c4ccc5ccccc5c4)c4sc5ccccc5c4c3)cc2)cc1. The molecule has 318 valence electrons. The molecule has 0 bridgehead atoms. The highest BCUT2D eigenvalue weighted by Gasteiger charge is 2.50. The molecule has 2 nitrogen and oxygen atoms in total. The molecule has 14 rings (SSSR count). The number of benzene rings is 11. The molecule has 1 spiro atoms. The topological polar surface area (TPSA) is 12.5 Å². The Kier molecular flexibility index (Phi) is 8.71. The minimum atomic E-state index is -0.506. The minimum absolute atomic E-state index is 0.506. The largest absolute Gasteiger partial charge is 0.457 e. The number of anilines is 3. The fourth-order valence-electron chi connectivity index (χ4n) is 11.3. The van der Waals surface area contributed by atoms with Crippen molar-refractivity contribution in [1.82, 2.24) is 0 Å². The van der Waals surface area contributed by atoms with Gasteiger partial charge in [0.1, 0.15) is 11.5 Å². The van der Waals surface area contributed by atoms with Crippen LogP contribution in [0.2, 0.25) is 0 Å². The summed E-state index contributed by atoms with van der Waals surface area (Å²) in [5.74, 6) is 1.77. The molecule has 0 unspecified atom stereocenters. The summed E-state index contributed by atoms with van der Waals surface area (Å²) in [4.78, 5) is 2.43. The summed E-state index contributed by atoms with van der Waals surface area (Å²) in [6.07, 6.45) is 0. The molecule has 2 aliphatic rings. The van der Waals surface area contributed by atoms with Crippen molar-refractivity contribution in [3.8, 4) is 56.0 Å². The van der Waals surface area contributed by atoms with E-state index in [0.717, 1.165) is 45.3 Å². The first-order chi connectivity index (χ1) is 33.7. The molecular weight excluding hydrogens is 843 g/mol. The van der Waals surface area contributed by atoms with Crippen molar-refractivity contribution in [1.29, 1.82) is 0 Å². The molecule has 11 aromatic carbocycles. The molecule has 0 fully saturated rings. The molecule has 3 heteroatoms. The molecule has 1 aliphatic carbocycles. The predicted molar refractivity (Wildman–Crippen MR) is 285 cm³/mol. The van der Waals surface area contributed by atoms with Gasteiger partial charge < -0.3 is 9.64 Å². The number of hydrogen-bond acceptors (Lipinski definition) is 3. The lowest BCUT2D eigenvalue weighted by molar-refractivity contribution is 0.436. The van der Waals surface area contributed by atoms with Gasteiger partial charge in [-0.25, -0.2) is 0 Å². The van der Waals surface area contributed by atoms with E-state index in [0.29, 0.717) is 0 Å². The van der Waals surface area contributed by atoms with Gasteiger partial charge in [0.15, 0.2) is 0 Å². The van der Waals surface area contributed by atoms with Crippen LogP contribution in [0.15, 0.2) is 249 Å². The van der Waals surface area contributed by atoms with E-state index in [1.54, 1.807) is 0 Å². The van der Waals surface area contributed by atoms with E-state index in [4.69, 9.17) is 4.74 Å². The third kappa shape index (κ3) is 5.89. The normalized spacial score (nSPS) is 12.9. The van der Waals surface area contributed by atoms with E-state index < -0.39 is 5.41 Å². The number of para-hydroxylation sites is 1. The number of rotatable bonds is 6. The zero-order chi connectivity index (χ0) is 44.8. The molecule has 12 aromatic rings. The van der Waals surface area contributed by atoms with Gasteiger partial charge in [0.05, 0.1) is 5.41 Å². The van der Waals surface area contributed by atoms with Gasteiger partial charge in [-0.1, -0.05) is 188 Å². The van der Waals surface area contributed by atoms with Gasteiger partial charge in [0.2, 0.25) is 0 Å². The first-order valence-electron chi connectivity index (χ1n) is 23.3. The Labute approximate surface area is 399 Å². The van der Waals surface area contributed by atoms with E-state index >= 15 is 0 Å². The average Bonchev–Trinajstić information content (AvgIpc) is 3.93. The van der Waals surface area contributed by atoms with E-state index in [-0.39, 0.29) is 0 Å². The molecule has 0 atom stereocenters. The van der Waals surface area contributed by atoms with Crippen LogP contribution in [-0.2, 0) is 5.41 Å². The summed E-state index contributed by atoms with van der Waals surface area (Å²) in [5, 5.41) is 4.99. The average molecular weight is 884 g/mol. The fourth-order valence-corrected chi connectivity index (χ4v) is 12.5. The van der Waals surface area contributed by atoms with Gasteiger partial charge in [-0.3, -0.25) is 0 Å². The summed E-state index contributed by atoms with van der Waals surface area (Å²) in [6, 6.07) is 91.1. The van der Waals surface area contributed by atoms with Gasteiger partial charge in [0.25, 0.3) is 0 Å². The van der Waals surface area contributed by atoms with E-state index in [1.165, 1.54) is 81.0 Å². The Bertz CT molecular complexity index is 3910. The predicted octanol–water partition coefficient (Wildman–Crippen LogP) is 18.1. The summed E-state index contributed by atoms with van der Waals surface area (Å²) in [7, 11) is 0. The van der Waals surface area contributed by atoms with Crippen LogP contribution in [0, 0.1) is 0 Å². The van der Waals surface area contributed by atoms with Crippen molar-refractivity contribution in [2.45, 2.75) is 5.41 Å². The van der Waals surface area contributed by atoms with Crippen molar-refractivity contribution in [2.24, 2.45) is 0 Å².